The minimum atomic E-state index is -0.243. The topological polar surface area (TPSA) is 85.1 Å². The molecule has 0 fully saturated rings. The van der Waals surface area contributed by atoms with Crippen molar-refractivity contribution in [3.8, 4) is 0 Å². The maximum absolute atomic E-state index is 5.65. The molecule has 1 heterocycles. The van der Waals surface area contributed by atoms with E-state index in [0.29, 0.717) is 19.0 Å². The fourth-order valence-electron chi connectivity index (χ4n) is 1.57. The van der Waals surface area contributed by atoms with Crippen LogP contribution in [0.2, 0.25) is 0 Å². The molecule has 0 aromatic carbocycles. The van der Waals surface area contributed by atoms with Gasteiger partial charge in [-0.05, 0) is 27.7 Å². The van der Waals surface area contributed by atoms with Crippen molar-refractivity contribution in [2.24, 2.45) is 0 Å². The number of nitrogen functional groups attached to an aromatic ring is 1. The lowest BCUT2D eigenvalue weighted by molar-refractivity contribution is 0.000642. The molecule has 6 heteroatoms. The Morgan fingerprint density at radius 3 is 2.39 bits per heavy atom. The van der Waals surface area contributed by atoms with Gasteiger partial charge in [0.25, 0.3) is 0 Å². The lowest BCUT2D eigenvalue weighted by Gasteiger charge is -2.25. The van der Waals surface area contributed by atoms with Crippen LogP contribution in [0.3, 0.4) is 0 Å². The van der Waals surface area contributed by atoms with Gasteiger partial charge in [-0.1, -0.05) is 0 Å². The summed E-state index contributed by atoms with van der Waals surface area (Å²) in [6, 6.07) is 1.84. The van der Waals surface area contributed by atoms with E-state index in [-0.39, 0.29) is 11.5 Å². The summed E-state index contributed by atoms with van der Waals surface area (Å²) in [5, 5.41) is 6.32. The molecule has 0 aliphatic heterocycles. The van der Waals surface area contributed by atoms with Crippen molar-refractivity contribution >= 4 is 17.6 Å². The molecule has 18 heavy (non-hydrogen) atoms. The van der Waals surface area contributed by atoms with E-state index in [9.17, 15) is 0 Å². The first kappa shape index (κ1) is 14.5. The number of nitrogens with two attached hydrogens (primary N) is 1. The van der Waals surface area contributed by atoms with Crippen molar-refractivity contribution in [3.05, 3.63) is 6.07 Å². The molecule has 0 amide bonds. The fraction of sp³-hybridized carbons (Fsp3) is 0.667. The largest absolute Gasteiger partial charge is 0.374 e. The Morgan fingerprint density at radius 1 is 1.22 bits per heavy atom. The monoisotopic (exact) mass is 253 g/mol. The van der Waals surface area contributed by atoms with Gasteiger partial charge in [0.2, 0.25) is 5.95 Å². The number of nitrogens with one attached hydrogen (secondary N) is 2. The fourth-order valence-corrected chi connectivity index (χ4v) is 1.57. The van der Waals surface area contributed by atoms with Gasteiger partial charge in [0.1, 0.15) is 11.6 Å². The molecule has 0 atom stereocenters. The Hall–Kier alpha value is -1.56. The second kappa shape index (κ2) is 6.39. The van der Waals surface area contributed by atoms with Crippen LogP contribution in [-0.2, 0) is 4.74 Å². The third-order valence-electron chi connectivity index (χ3n) is 2.33. The van der Waals surface area contributed by atoms with Crippen molar-refractivity contribution < 1.29 is 4.74 Å². The zero-order valence-electron chi connectivity index (χ0n) is 11.6. The van der Waals surface area contributed by atoms with E-state index in [2.05, 4.69) is 20.6 Å². The summed E-state index contributed by atoms with van der Waals surface area (Å²) < 4.78 is 5.61. The van der Waals surface area contributed by atoms with E-state index in [1.165, 1.54) is 0 Å². The Balaban J connectivity index is 2.66. The van der Waals surface area contributed by atoms with Crippen LogP contribution in [-0.4, -0.2) is 35.3 Å². The lowest BCUT2D eigenvalue weighted by Crippen LogP contribution is -2.33. The molecule has 1 rings (SSSR count). The summed E-state index contributed by atoms with van der Waals surface area (Å²) in [4.78, 5) is 8.23. The maximum atomic E-state index is 5.65. The molecule has 0 unspecified atom stereocenters. The van der Waals surface area contributed by atoms with Crippen LogP contribution in [0.25, 0.3) is 0 Å². The van der Waals surface area contributed by atoms with E-state index in [1.54, 1.807) is 0 Å². The van der Waals surface area contributed by atoms with Crippen molar-refractivity contribution in [1.82, 2.24) is 9.97 Å². The minimum Gasteiger partial charge on any atom is -0.374 e. The molecule has 0 bridgehead atoms. The highest BCUT2D eigenvalue weighted by Crippen LogP contribution is 2.15. The zero-order valence-corrected chi connectivity index (χ0v) is 11.6. The summed E-state index contributed by atoms with van der Waals surface area (Å²) >= 11 is 0. The van der Waals surface area contributed by atoms with Gasteiger partial charge in [0, 0.05) is 25.8 Å². The van der Waals surface area contributed by atoms with Crippen molar-refractivity contribution in [2.75, 3.05) is 36.1 Å². The number of aromatic nitrogens is 2. The predicted molar refractivity (Wildman–Crippen MR) is 74.8 cm³/mol. The molecule has 4 N–H and O–H groups in total. The van der Waals surface area contributed by atoms with Gasteiger partial charge in [-0.2, -0.15) is 9.97 Å². The van der Waals surface area contributed by atoms with Gasteiger partial charge < -0.3 is 21.1 Å². The number of rotatable bonds is 7. The van der Waals surface area contributed by atoms with Crippen molar-refractivity contribution in [1.29, 1.82) is 0 Å². The van der Waals surface area contributed by atoms with Gasteiger partial charge in [0.15, 0.2) is 0 Å². The average Bonchev–Trinajstić information content (AvgIpc) is 2.26. The molecular weight excluding hydrogens is 230 g/mol. The standard InChI is InChI=1S/C12H23N5O/c1-5-14-9-7-10(17-11(13)16-9)15-8-12(3,4)18-6-2/h7H,5-6,8H2,1-4H3,(H4,13,14,15,16,17). The molecule has 102 valence electrons. The summed E-state index contributed by atoms with van der Waals surface area (Å²) in [7, 11) is 0. The molecule has 6 nitrogen and oxygen atoms in total. The van der Waals surface area contributed by atoms with E-state index in [1.807, 2.05) is 33.8 Å². The van der Waals surface area contributed by atoms with Gasteiger partial charge in [0.05, 0.1) is 5.60 Å². The van der Waals surface area contributed by atoms with Gasteiger partial charge >= 0.3 is 0 Å². The van der Waals surface area contributed by atoms with Crippen LogP contribution in [0, 0.1) is 0 Å². The summed E-state index contributed by atoms with van der Waals surface area (Å²) in [6.45, 7) is 10.2. The van der Waals surface area contributed by atoms with Crippen LogP contribution in [0.5, 0.6) is 0 Å². The smallest absolute Gasteiger partial charge is 0.223 e. The van der Waals surface area contributed by atoms with Crippen molar-refractivity contribution in [2.45, 2.75) is 33.3 Å². The minimum absolute atomic E-state index is 0.243. The Morgan fingerprint density at radius 2 is 1.83 bits per heavy atom. The zero-order chi connectivity index (χ0) is 13.6. The van der Waals surface area contributed by atoms with Gasteiger partial charge in [-0.25, -0.2) is 0 Å². The molecule has 0 radical (unpaired) electrons. The number of anilines is 3. The Labute approximate surface area is 108 Å². The van der Waals surface area contributed by atoms with Crippen LogP contribution < -0.4 is 16.4 Å². The highest BCUT2D eigenvalue weighted by molar-refractivity contribution is 5.51. The lowest BCUT2D eigenvalue weighted by atomic mass is 10.1. The average molecular weight is 253 g/mol. The van der Waals surface area contributed by atoms with E-state index in [0.717, 1.165) is 12.4 Å². The van der Waals surface area contributed by atoms with Crippen LogP contribution in [0.15, 0.2) is 6.07 Å². The van der Waals surface area contributed by atoms with Crippen LogP contribution in [0.1, 0.15) is 27.7 Å². The molecular formula is C12H23N5O. The van der Waals surface area contributed by atoms with Gasteiger partial charge in [-0.15, -0.1) is 0 Å². The molecule has 0 spiro atoms. The first-order valence-corrected chi connectivity index (χ1v) is 6.23. The predicted octanol–water partition coefficient (Wildman–Crippen LogP) is 1.72. The third kappa shape index (κ3) is 4.75. The molecule has 0 aliphatic rings. The first-order chi connectivity index (χ1) is 8.46. The van der Waals surface area contributed by atoms with Crippen LogP contribution in [0.4, 0.5) is 17.6 Å². The number of nitrogens with zero attached hydrogens (tertiary/aromatic N) is 2. The quantitative estimate of drug-likeness (QED) is 0.686. The Bertz CT molecular complexity index is 381. The highest BCUT2D eigenvalue weighted by Gasteiger charge is 2.17. The molecule has 1 aromatic heterocycles. The van der Waals surface area contributed by atoms with E-state index >= 15 is 0 Å². The van der Waals surface area contributed by atoms with E-state index in [4.69, 9.17) is 10.5 Å². The molecule has 0 aliphatic carbocycles. The molecule has 0 saturated heterocycles. The van der Waals surface area contributed by atoms with E-state index < -0.39 is 0 Å². The summed E-state index contributed by atoms with van der Waals surface area (Å²) in [5.41, 5.74) is 5.41. The SMILES string of the molecule is CCNc1cc(NCC(C)(C)OCC)nc(N)n1. The third-order valence-corrected chi connectivity index (χ3v) is 2.33. The number of hydrogen-bond donors (Lipinski definition) is 3. The second-order valence-electron chi connectivity index (χ2n) is 4.57. The van der Waals surface area contributed by atoms with Gasteiger partial charge in [-0.3, -0.25) is 0 Å². The molecule has 0 saturated carbocycles. The second-order valence-corrected chi connectivity index (χ2v) is 4.57. The summed E-state index contributed by atoms with van der Waals surface area (Å²) in [5.74, 6) is 1.68. The van der Waals surface area contributed by atoms with Crippen LogP contribution >= 0.6 is 0 Å². The number of ether oxygens (including phenoxy) is 1. The molecule has 1 aromatic rings. The Kier molecular flexibility index (Phi) is 5.15. The van der Waals surface area contributed by atoms with Crippen molar-refractivity contribution in [3.63, 3.8) is 0 Å². The first-order valence-electron chi connectivity index (χ1n) is 6.23. The highest BCUT2D eigenvalue weighted by atomic mass is 16.5. The summed E-state index contributed by atoms with van der Waals surface area (Å²) in [6.07, 6.45) is 0. The normalized spacial score (nSPS) is 11.3. The maximum Gasteiger partial charge on any atom is 0.223 e. The number of hydrogen-bond acceptors (Lipinski definition) is 6.